The lowest BCUT2D eigenvalue weighted by molar-refractivity contribution is -0.138. The summed E-state index contributed by atoms with van der Waals surface area (Å²) in [5.41, 5.74) is 1.04. The lowest BCUT2D eigenvalue weighted by Gasteiger charge is -2.34. The van der Waals surface area contributed by atoms with Gasteiger partial charge in [-0.1, -0.05) is 23.7 Å². The van der Waals surface area contributed by atoms with Gasteiger partial charge in [0.15, 0.2) is 0 Å². The Bertz CT molecular complexity index is 829. The van der Waals surface area contributed by atoms with Crippen molar-refractivity contribution in [3.05, 3.63) is 41.0 Å². The van der Waals surface area contributed by atoms with Crippen LogP contribution in [-0.4, -0.2) is 77.7 Å². The van der Waals surface area contributed by atoms with E-state index in [-0.39, 0.29) is 18.6 Å². The smallest absolute Gasteiger partial charge is 0.317 e. The molecule has 1 fully saturated rings. The van der Waals surface area contributed by atoms with Gasteiger partial charge in [-0.15, -0.1) is 0 Å². The number of carbonyl (C=O) groups is 2. The first-order valence-electron chi connectivity index (χ1n) is 8.30. The molecule has 1 amide bonds. The van der Waals surface area contributed by atoms with Crippen molar-refractivity contribution in [3.8, 4) is 0 Å². The molecule has 0 saturated carbocycles. The van der Waals surface area contributed by atoms with Crippen LogP contribution in [0.3, 0.4) is 0 Å². The average molecular weight is 378 g/mol. The van der Waals surface area contributed by atoms with E-state index < -0.39 is 5.97 Å². The van der Waals surface area contributed by atoms with Crippen molar-refractivity contribution in [1.82, 2.24) is 14.8 Å². The van der Waals surface area contributed by atoms with Gasteiger partial charge in [-0.3, -0.25) is 14.5 Å². The summed E-state index contributed by atoms with van der Waals surface area (Å²) in [5.74, 6) is -1.06. The van der Waals surface area contributed by atoms with E-state index in [0.29, 0.717) is 42.5 Å². The number of halogens is 1. The predicted molar refractivity (Wildman–Crippen MR) is 97.5 cm³/mol. The summed E-state index contributed by atoms with van der Waals surface area (Å²) < 4.78 is 5.67. The van der Waals surface area contributed by atoms with Gasteiger partial charge in [-0.05, 0) is 25.2 Å². The summed E-state index contributed by atoms with van der Waals surface area (Å²) in [7, 11) is 1.72. The molecule has 1 N–H and O–H groups in total. The number of pyridine rings is 1. The average Bonchev–Trinajstić information content (AvgIpc) is 2.60. The van der Waals surface area contributed by atoms with Crippen molar-refractivity contribution in [2.45, 2.75) is 6.10 Å². The summed E-state index contributed by atoms with van der Waals surface area (Å²) in [5, 5.41) is 10.3. The highest BCUT2D eigenvalue weighted by molar-refractivity contribution is 6.31. The fraction of sp³-hybridized carbons (Fsp3) is 0.389. The molecule has 0 spiro atoms. The Hall–Kier alpha value is -2.22. The van der Waals surface area contributed by atoms with Crippen LogP contribution in [0.2, 0.25) is 5.02 Å². The lowest BCUT2D eigenvalue weighted by atomic mass is 10.2. The second-order valence-corrected chi connectivity index (χ2v) is 6.80. The molecule has 1 atom stereocenters. The molecule has 1 unspecified atom stereocenters. The SMILES string of the molecule is CN(CC(=O)O)CC1CN(C(=O)c2ccc3ccc(Cl)cc3n2)CCO1. The van der Waals surface area contributed by atoms with Gasteiger partial charge in [-0.2, -0.15) is 0 Å². The van der Waals surface area contributed by atoms with Crippen LogP contribution in [0.5, 0.6) is 0 Å². The monoisotopic (exact) mass is 377 g/mol. The van der Waals surface area contributed by atoms with Crippen LogP contribution in [0.4, 0.5) is 0 Å². The van der Waals surface area contributed by atoms with Crippen molar-refractivity contribution in [1.29, 1.82) is 0 Å². The number of benzene rings is 1. The zero-order valence-corrected chi connectivity index (χ0v) is 15.1. The number of carboxylic acid groups (broad SMARTS) is 1. The fourth-order valence-corrected chi connectivity index (χ4v) is 3.20. The first kappa shape index (κ1) is 18.6. The number of fused-ring (bicyclic) bond motifs is 1. The zero-order chi connectivity index (χ0) is 18.7. The highest BCUT2D eigenvalue weighted by atomic mass is 35.5. The minimum atomic E-state index is -0.893. The van der Waals surface area contributed by atoms with Crippen molar-refractivity contribution in [3.63, 3.8) is 0 Å². The Balaban J connectivity index is 1.70. The van der Waals surface area contributed by atoms with Gasteiger partial charge in [0.05, 0.1) is 24.8 Å². The van der Waals surface area contributed by atoms with E-state index in [2.05, 4.69) is 4.98 Å². The summed E-state index contributed by atoms with van der Waals surface area (Å²) in [4.78, 5) is 31.4. The summed E-state index contributed by atoms with van der Waals surface area (Å²) in [6, 6.07) is 8.94. The van der Waals surface area contributed by atoms with Crippen LogP contribution in [0.25, 0.3) is 10.9 Å². The molecule has 8 heteroatoms. The Morgan fingerprint density at radius 2 is 2.15 bits per heavy atom. The predicted octanol–water partition coefficient (Wildman–Crippen LogP) is 1.75. The maximum atomic E-state index is 12.8. The van der Waals surface area contributed by atoms with Crippen molar-refractivity contribution in [2.75, 3.05) is 39.8 Å². The van der Waals surface area contributed by atoms with Crippen LogP contribution in [0.15, 0.2) is 30.3 Å². The van der Waals surface area contributed by atoms with Gasteiger partial charge < -0.3 is 14.7 Å². The first-order valence-corrected chi connectivity index (χ1v) is 8.67. The van der Waals surface area contributed by atoms with E-state index >= 15 is 0 Å². The van der Waals surface area contributed by atoms with Crippen LogP contribution in [-0.2, 0) is 9.53 Å². The molecule has 2 heterocycles. The van der Waals surface area contributed by atoms with Gasteiger partial charge in [0.2, 0.25) is 0 Å². The molecule has 1 aliphatic rings. The number of likely N-dealkylation sites (N-methyl/N-ethyl adjacent to an activating group) is 1. The molecular weight excluding hydrogens is 358 g/mol. The minimum absolute atomic E-state index is 0.0687. The number of hydrogen-bond acceptors (Lipinski definition) is 5. The number of carboxylic acids is 1. The Kier molecular flexibility index (Phi) is 5.70. The highest BCUT2D eigenvalue weighted by Crippen LogP contribution is 2.19. The van der Waals surface area contributed by atoms with E-state index in [4.69, 9.17) is 21.4 Å². The number of hydrogen-bond donors (Lipinski definition) is 1. The number of carbonyl (C=O) groups excluding carboxylic acids is 1. The van der Waals surface area contributed by atoms with Crippen LogP contribution in [0, 0.1) is 0 Å². The van der Waals surface area contributed by atoms with Crippen molar-refractivity contribution >= 4 is 34.4 Å². The molecule has 1 aromatic carbocycles. The Morgan fingerprint density at radius 3 is 2.92 bits per heavy atom. The van der Waals surface area contributed by atoms with Crippen LogP contribution in [0.1, 0.15) is 10.5 Å². The van der Waals surface area contributed by atoms with Gasteiger partial charge in [-0.25, -0.2) is 4.98 Å². The van der Waals surface area contributed by atoms with Crippen LogP contribution < -0.4 is 0 Å². The largest absolute Gasteiger partial charge is 0.480 e. The Morgan fingerprint density at radius 1 is 1.38 bits per heavy atom. The van der Waals surface area contributed by atoms with Gasteiger partial charge >= 0.3 is 5.97 Å². The van der Waals surface area contributed by atoms with E-state index in [1.165, 1.54) is 0 Å². The molecule has 138 valence electrons. The summed E-state index contributed by atoms with van der Waals surface area (Å²) in [6.45, 7) is 1.67. The molecule has 0 aliphatic carbocycles. The van der Waals surface area contributed by atoms with Crippen molar-refractivity contribution in [2.24, 2.45) is 0 Å². The highest BCUT2D eigenvalue weighted by Gasteiger charge is 2.27. The van der Waals surface area contributed by atoms with Gasteiger partial charge in [0.25, 0.3) is 5.91 Å². The van der Waals surface area contributed by atoms with E-state index in [1.807, 2.05) is 12.1 Å². The second kappa shape index (κ2) is 7.99. The third kappa shape index (κ3) is 4.49. The molecule has 0 bridgehead atoms. The lowest BCUT2D eigenvalue weighted by Crippen LogP contribution is -2.49. The number of aromatic nitrogens is 1. The summed E-state index contributed by atoms with van der Waals surface area (Å²) >= 11 is 6.00. The number of amides is 1. The molecule has 7 nitrogen and oxygen atoms in total. The topological polar surface area (TPSA) is 83.0 Å². The van der Waals surface area contributed by atoms with Gasteiger partial charge in [0, 0.05) is 30.0 Å². The normalized spacial score (nSPS) is 17.7. The molecule has 1 saturated heterocycles. The maximum Gasteiger partial charge on any atom is 0.317 e. The van der Waals surface area contributed by atoms with E-state index in [9.17, 15) is 9.59 Å². The third-order valence-corrected chi connectivity index (χ3v) is 4.45. The quantitative estimate of drug-likeness (QED) is 0.854. The fourth-order valence-electron chi connectivity index (χ4n) is 3.03. The molecule has 1 aliphatic heterocycles. The number of morpholine rings is 1. The zero-order valence-electron chi connectivity index (χ0n) is 14.4. The third-order valence-electron chi connectivity index (χ3n) is 4.22. The Labute approximate surface area is 156 Å². The maximum absolute atomic E-state index is 12.8. The molecule has 3 rings (SSSR count). The van der Waals surface area contributed by atoms with Crippen molar-refractivity contribution < 1.29 is 19.4 Å². The molecule has 0 radical (unpaired) electrons. The first-order chi connectivity index (χ1) is 12.4. The molecule has 26 heavy (non-hydrogen) atoms. The minimum Gasteiger partial charge on any atom is -0.480 e. The standard InChI is InChI=1S/C18H20ClN3O4/c1-21(11-17(23)24)9-14-10-22(6-7-26-14)18(25)15-5-3-12-2-4-13(19)8-16(12)20-15/h2-5,8,14H,6-7,9-11H2,1H3,(H,23,24). The molecule has 2 aromatic rings. The number of nitrogens with zero attached hydrogens (tertiary/aromatic N) is 3. The molecular formula is C18H20ClN3O4. The number of rotatable bonds is 5. The number of aliphatic carboxylic acids is 1. The molecule has 1 aromatic heterocycles. The summed E-state index contributed by atoms with van der Waals surface area (Å²) in [6.07, 6.45) is -0.230. The van der Waals surface area contributed by atoms with E-state index in [0.717, 1.165) is 5.39 Å². The second-order valence-electron chi connectivity index (χ2n) is 6.37. The van der Waals surface area contributed by atoms with Gasteiger partial charge in [0.1, 0.15) is 5.69 Å². The van der Waals surface area contributed by atoms with Crippen LogP contribution >= 0.6 is 11.6 Å². The van der Waals surface area contributed by atoms with E-state index in [1.54, 1.807) is 35.0 Å². The number of ether oxygens (including phenoxy) is 1.